The van der Waals surface area contributed by atoms with Crippen molar-refractivity contribution in [1.82, 2.24) is 19.3 Å². The molecule has 0 aliphatic carbocycles. The summed E-state index contributed by atoms with van der Waals surface area (Å²) in [6.07, 6.45) is 2.31. The number of hydrogen-bond donors (Lipinski definition) is 2. The monoisotopic (exact) mass is 463 g/mol. The molecule has 1 amide bonds. The number of benzene rings is 2. The number of nitrogens with zero attached hydrogens (tertiary/aromatic N) is 3. The Morgan fingerprint density at radius 1 is 0.943 bits per heavy atom. The van der Waals surface area contributed by atoms with Crippen LogP contribution in [0.5, 0.6) is 0 Å². The Morgan fingerprint density at radius 3 is 2.34 bits per heavy atom. The minimum Gasteiger partial charge on any atom is -0.348 e. The molecule has 0 unspecified atom stereocenters. The van der Waals surface area contributed by atoms with Crippen molar-refractivity contribution >= 4 is 22.6 Å². The third kappa shape index (κ3) is 4.36. The SMILES string of the molecule is Cc1cccn2c(=O)c3cc(C(=O)NCc4ccccc4)c(=N)n(CCc4ccccc4)c3nc12. The Balaban J connectivity index is 1.64. The average Bonchev–Trinajstić information content (AvgIpc) is 2.88. The van der Waals surface area contributed by atoms with E-state index in [1.165, 1.54) is 10.5 Å². The lowest BCUT2D eigenvalue weighted by molar-refractivity contribution is 0.0948. The highest BCUT2D eigenvalue weighted by atomic mass is 16.1. The van der Waals surface area contributed by atoms with E-state index < -0.39 is 5.91 Å². The molecule has 174 valence electrons. The first-order chi connectivity index (χ1) is 17.0. The Labute approximate surface area is 201 Å². The van der Waals surface area contributed by atoms with Crippen LogP contribution in [0.2, 0.25) is 0 Å². The number of carbonyl (C=O) groups is 1. The second-order valence-electron chi connectivity index (χ2n) is 8.50. The predicted molar refractivity (Wildman–Crippen MR) is 135 cm³/mol. The molecule has 0 bridgehead atoms. The zero-order valence-corrected chi connectivity index (χ0v) is 19.4. The van der Waals surface area contributed by atoms with Crippen LogP contribution in [0.15, 0.2) is 89.9 Å². The van der Waals surface area contributed by atoms with Crippen molar-refractivity contribution in [1.29, 1.82) is 5.41 Å². The van der Waals surface area contributed by atoms with E-state index in [4.69, 9.17) is 10.4 Å². The summed E-state index contributed by atoms with van der Waals surface area (Å²) in [7, 11) is 0. The van der Waals surface area contributed by atoms with E-state index in [1.54, 1.807) is 16.8 Å². The molecule has 5 rings (SSSR count). The Hall–Kier alpha value is -4.52. The topological polar surface area (TPSA) is 92.3 Å². The van der Waals surface area contributed by atoms with E-state index in [2.05, 4.69) is 5.32 Å². The summed E-state index contributed by atoms with van der Waals surface area (Å²) in [6, 6.07) is 24.7. The molecule has 3 aromatic heterocycles. The number of hydrogen-bond acceptors (Lipinski definition) is 4. The van der Waals surface area contributed by atoms with Crippen LogP contribution >= 0.6 is 0 Å². The van der Waals surface area contributed by atoms with Crippen molar-refractivity contribution in [3.05, 3.63) is 123 Å². The van der Waals surface area contributed by atoms with Crippen LogP contribution < -0.4 is 16.4 Å². The minimum absolute atomic E-state index is 0.0313. The van der Waals surface area contributed by atoms with Crippen LogP contribution in [0.3, 0.4) is 0 Å². The Morgan fingerprint density at radius 2 is 1.63 bits per heavy atom. The number of rotatable bonds is 6. The minimum atomic E-state index is -0.400. The van der Waals surface area contributed by atoms with Gasteiger partial charge < -0.3 is 9.88 Å². The molecule has 5 aromatic rings. The van der Waals surface area contributed by atoms with Gasteiger partial charge in [-0.25, -0.2) is 4.98 Å². The number of fused-ring (bicyclic) bond motifs is 2. The van der Waals surface area contributed by atoms with Crippen LogP contribution in [0.1, 0.15) is 27.0 Å². The molecular weight excluding hydrogens is 438 g/mol. The summed E-state index contributed by atoms with van der Waals surface area (Å²) in [5.41, 5.74) is 3.77. The maximum Gasteiger partial charge on any atom is 0.267 e. The zero-order valence-electron chi connectivity index (χ0n) is 19.4. The molecule has 0 saturated carbocycles. The van der Waals surface area contributed by atoms with Gasteiger partial charge in [0.25, 0.3) is 11.5 Å². The second kappa shape index (κ2) is 9.38. The van der Waals surface area contributed by atoms with Gasteiger partial charge in [-0.2, -0.15) is 0 Å². The summed E-state index contributed by atoms with van der Waals surface area (Å²) in [6.45, 7) is 2.64. The first-order valence-corrected chi connectivity index (χ1v) is 11.5. The molecule has 3 heterocycles. The van der Waals surface area contributed by atoms with Gasteiger partial charge in [-0.1, -0.05) is 66.7 Å². The third-order valence-electron chi connectivity index (χ3n) is 6.14. The van der Waals surface area contributed by atoms with Crippen LogP contribution in [-0.4, -0.2) is 19.9 Å². The summed E-state index contributed by atoms with van der Waals surface area (Å²) in [4.78, 5) is 31.4. The van der Waals surface area contributed by atoms with E-state index in [9.17, 15) is 9.59 Å². The molecule has 0 radical (unpaired) electrons. The quantitative estimate of drug-likeness (QED) is 0.377. The molecule has 0 saturated heterocycles. The van der Waals surface area contributed by atoms with E-state index in [0.717, 1.165) is 16.7 Å². The van der Waals surface area contributed by atoms with E-state index >= 15 is 0 Å². The number of amides is 1. The van der Waals surface area contributed by atoms with Gasteiger partial charge in [-0.3, -0.25) is 19.4 Å². The summed E-state index contributed by atoms with van der Waals surface area (Å²) >= 11 is 0. The van der Waals surface area contributed by atoms with Gasteiger partial charge >= 0.3 is 0 Å². The number of pyridine rings is 2. The molecule has 7 nitrogen and oxygen atoms in total. The molecule has 0 spiro atoms. The molecule has 35 heavy (non-hydrogen) atoms. The van der Waals surface area contributed by atoms with Crippen molar-refractivity contribution < 1.29 is 4.79 Å². The zero-order chi connectivity index (χ0) is 24.4. The van der Waals surface area contributed by atoms with Gasteiger partial charge in [0, 0.05) is 19.3 Å². The van der Waals surface area contributed by atoms with Crippen LogP contribution in [-0.2, 0) is 19.5 Å². The maximum absolute atomic E-state index is 13.4. The molecule has 7 heteroatoms. The number of carbonyl (C=O) groups excluding carboxylic acids is 1. The maximum atomic E-state index is 13.4. The first-order valence-electron chi connectivity index (χ1n) is 11.5. The third-order valence-corrected chi connectivity index (χ3v) is 6.14. The Kier molecular flexibility index (Phi) is 5.97. The van der Waals surface area contributed by atoms with Crippen LogP contribution in [0, 0.1) is 12.3 Å². The van der Waals surface area contributed by atoms with Crippen molar-refractivity contribution in [3.63, 3.8) is 0 Å². The highest BCUT2D eigenvalue weighted by Crippen LogP contribution is 2.14. The fourth-order valence-electron chi connectivity index (χ4n) is 4.25. The normalized spacial score (nSPS) is 11.1. The van der Waals surface area contributed by atoms with Gasteiger partial charge in [0.1, 0.15) is 16.8 Å². The van der Waals surface area contributed by atoms with Gasteiger partial charge in [-0.15, -0.1) is 0 Å². The van der Waals surface area contributed by atoms with Crippen molar-refractivity contribution in [2.75, 3.05) is 0 Å². The Bertz CT molecular complexity index is 1650. The lowest BCUT2D eigenvalue weighted by Crippen LogP contribution is -2.35. The molecular formula is C28H25N5O2. The lowest BCUT2D eigenvalue weighted by Gasteiger charge is -2.15. The fourth-order valence-corrected chi connectivity index (χ4v) is 4.25. The predicted octanol–water partition coefficient (Wildman–Crippen LogP) is 3.61. The van der Waals surface area contributed by atoms with Gasteiger partial charge in [0.15, 0.2) is 0 Å². The molecule has 2 N–H and O–H groups in total. The molecule has 0 aliphatic rings. The number of nitrogens with one attached hydrogen (secondary N) is 2. The van der Waals surface area contributed by atoms with Gasteiger partial charge in [0.2, 0.25) is 0 Å². The van der Waals surface area contributed by atoms with E-state index in [1.807, 2.05) is 73.7 Å². The van der Waals surface area contributed by atoms with Crippen LogP contribution in [0.4, 0.5) is 0 Å². The molecule has 0 aliphatic heterocycles. The summed E-state index contributed by atoms with van der Waals surface area (Å²) in [5.74, 6) is -0.400. The average molecular weight is 464 g/mol. The standard InChI is InChI=1S/C28H25N5O2/c1-19-9-8-15-33-25(19)31-26-23(28(33)35)17-22(27(34)30-18-21-12-6-3-7-13-21)24(29)32(26)16-14-20-10-4-2-5-11-20/h2-13,15,17,29H,14,16,18H2,1H3,(H,30,34). The second-order valence-corrected chi connectivity index (χ2v) is 8.50. The molecule has 2 aromatic carbocycles. The molecule has 0 fully saturated rings. The van der Waals surface area contributed by atoms with E-state index in [0.29, 0.717) is 36.2 Å². The van der Waals surface area contributed by atoms with Crippen molar-refractivity contribution in [2.45, 2.75) is 26.4 Å². The van der Waals surface area contributed by atoms with Crippen LogP contribution in [0.25, 0.3) is 16.7 Å². The summed E-state index contributed by atoms with van der Waals surface area (Å²) < 4.78 is 3.17. The van der Waals surface area contributed by atoms with Gasteiger partial charge in [0.05, 0.1) is 10.9 Å². The first kappa shape index (κ1) is 22.3. The highest BCUT2D eigenvalue weighted by molar-refractivity contribution is 5.96. The van der Waals surface area contributed by atoms with Crippen molar-refractivity contribution in [2.24, 2.45) is 0 Å². The van der Waals surface area contributed by atoms with Crippen molar-refractivity contribution in [3.8, 4) is 0 Å². The van der Waals surface area contributed by atoms with Gasteiger partial charge in [-0.05, 0) is 42.2 Å². The molecule has 0 atom stereocenters. The smallest absolute Gasteiger partial charge is 0.267 e. The lowest BCUT2D eigenvalue weighted by atomic mass is 10.1. The number of aryl methyl sites for hydroxylation is 3. The number of aromatic nitrogens is 3. The van der Waals surface area contributed by atoms with E-state index in [-0.39, 0.29) is 16.6 Å². The summed E-state index contributed by atoms with van der Waals surface area (Å²) in [5, 5.41) is 12.1. The fraction of sp³-hybridized carbons (Fsp3) is 0.143. The highest BCUT2D eigenvalue weighted by Gasteiger charge is 2.18. The largest absolute Gasteiger partial charge is 0.348 e.